The molecule has 6 atom stereocenters. The standard InChI is InChI=1S/C23H30F2N7O6PS/c1-13(18(33)35-5)30-39(40,38-14-9-7-6-8-10-14)36-11-23(25)19(34)22(2,24)20(37-23)32-12-27-15-16(31(3)4)28-21(26)29-17(15)32/h6-10,12-13,19-20,34H,11H2,1-5H3,(H,30,40)(H2,26,28,29)/t13-,19+,20-,22-,23-,39+/m1/s1. The van der Waals surface area contributed by atoms with Gasteiger partial charge in [0.1, 0.15) is 18.4 Å². The van der Waals surface area contributed by atoms with E-state index in [1.165, 1.54) is 20.4 Å². The number of aliphatic hydroxyl groups excluding tert-OH is 1. The predicted molar refractivity (Wildman–Crippen MR) is 145 cm³/mol. The molecule has 3 aromatic rings. The maximum Gasteiger partial charge on any atom is 0.323 e. The van der Waals surface area contributed by atoms with Crippen molar-refractivity contribution in [3.05, 3.63) is 36.7 Å². The van der Waals surface area contributed by atoms with Crippen molar-refractivity contribution in [2.24, 2.45) is 0 Å². The van der Waals surface area contributed by atoms with Crippen molar-refractivity contribution in [1.29, 1.82) is 0 Å². The Labute approximate surface area is 233 Å². The number of aromatic nitrogens is 4. The monoisotopic (exact) mass is 601 g/mol. The lowest BCUT2D eigenvalue weighted by molar-refractivity contribution is -0.202. The first kappa shape index (κ1) is 30.0. The third-order valence-electron chi connectivity index (χ3n) is 6.14. The van der Waals surface area contributed by atoms with Crippen molar-refractivity contribution in [1.82, 2.24) is 24.6 Å². The molecule has 1 fully saturated rings. The molecule has 0 unspecified atom stereocenters. The Bertz CT molecular complexity index is 1430. The third-order valence-corrected chi connectivity index (χ3v) is 8.62. The molecule has 0 saturated carbocycles. The number of hydrogen-bond acceptors (Lipinski definition) is 12. The fraction of sp³-hybridized carbons (Fsp3) is 0.478. The summed E-state index contributed by atoms with van der Waals surface area (Å²) in [6, 6.07) is 7.24. The zero-order chi connectivity index (χ0) is 29.5. The number of nitrogens with one attached hydrogen (secondary N) is 1. The maximum absolute atomic E-state index is 16.2. The second-order valence-corrected chi connectivity index (χ2v) is 12.6. The molecule has 0 aliphatic carbocycles. The summed E-state index contributed by atoms with van der Waals surface area (Å²) in [5, 5.41) is 13.5. The van der Waals surface area contributed by atoms with E-state index in [0.717, 1.165) is 11.5 Å². The van der Waals surface area contributed by atoms with E-state index < -0.39 is 49.1 Å². The van der Waals surface area contributed by atoms with Crippen LogP contribution < -0.4 is 20.2 Å². The molecule has 1 saturated heterocycles. The first-order valence-corrected chi connectivity index (χ1v) is 14.6. The molecule has 0 radical (unpaired) electrons. The van der Waals surface area contributed by atoms with Crippen LogP contribution in [0.2, 0.25) is 0 Å². The minimum absolute atomic E-state index is 0.0635. The quantitative estimate of drug-likeness (QED) is 0.230. The first-order chi connectivity index (χ1) is 18.7. The summed E-state index contributed by atoms with van der Waals surface area (Å²) in [7, 11) is 4.59. The van der Waals surface area contributed by atoms with Crippen LogP contribution in [-0.4, -0.2) is 82.1 Å². The molecule has 218 valence electrons. The van der Waals surface area contributed by atoms with Gasteiger partial charge in [0.05, 0.1) is 13.4 Å². The fourth-order valence-corrected chi connectivity index (χ4v) is 6.51. The van der Waals surface area contributed by atoms with Crippen LogP contribution in [0.15, 0.2) is 36.7 Å². The number of esters is 1. The van der Waals surface area contributed by atoms with Gasteiger partial charge in [0, 0.05) is 14.1 Å². The number of hydrogen-bond donors (Lipinski definition) is 3. The van der Waals surface area contributed by atoms with Crippen LogP contribution in [0.5, 0.6) is 5.75 Å². The van der Waals surface area contributed by atoms with Gasteiger partial charge < -0.3 is 34.3 Å². The third kappa shape index (κ3) is 5.73. The molecule has 0 amide bonds. The lowest BCUT2D eigenvalue weighted by atomic mass is 9.97. The number of halogens is 2. The SMILES string of the molecule is COC(=O)[C@@H](C)N[P@](=S)(OC[C@@]1(F)O[C@@H](n2cnc3c(N(C)C)nc(N)nc32)[C@](C)(F)[C@@H]1O)Oc1ccccc1. The van der Waals surface area contributed by atoms with E-state index in [4.69, 9.17) is 36.1 Å². The molecule has 4 rings (SSSR count). The van der Waals surface area contributed by atoms with Gasteiger partial charge in [-0.1, -0.05) is 18.2 Å². The van der Waals surface area contributed by atoms with Crippen LogP contribution >= 0.6 is 6.64 Å². The summed E-state index contributed by atoms with van der Waals surface area (Å²) >= 11 is 5.53. The van der Waals surface area contributed by atoms with Gasteiger partial charge in [-0.25, -0.2) is 18.9 Å². The van der Waals surface area contributed by atoms with Gasteiger partial charge in [-0.05, 0) is 37.8 Å². The number of benzene rings is 1. The molecular weight excluding hydrogens is 571 g/mol. The van der Waals surface area contributed by atoms with Crippen LogP contribution in [0.3, 0.4) is 0 Å². The van der Waals surface area contributed by atoms with Crippen molar-refractivity contribution in [3.8, 4) is 5.75 Å². The predicted octanol–water partition coefficient (Wildman–Crippen LogP) is 2.23. The molecule has 17 heteroatoms. The summed E-state index contributed by atoms with van der Waals surface area (Å²) in [6.45, 7) is -2.33. The number of nitrogens with zero attached hydrogens (tertiary/aromatic N) is 5. The molecule has 3 heterocycles. The number of carbonyl (C=O) groups excluding carboxylic acids is 1. The Kier molecular flexibility index (Phi) is 8.32. The number of rotatable bonds is 10. The number of nitrogens with two attached hydrogens (primary N) is 1. The lowest BCUT2D eigenvalue weighted by Crippen LogP contribution is -2.47. The summed E-state index contributed by atoms with van der Waals surface area (Å²) in [4.78, 5) is 26.1. The molecule has 2 aromatic heterocycles. The highest BCUT2D eigenvalue weighted by atomic mass is 32.5. The Morgan fingerprint density at radius 2 is 2.02 bits per heavy atom. The summed E-state index contributed by atoms with van der Waals surface area (Å²) < 4.78 is 55.0. The molecule has 1 aliphatic rings. The fourth-order valence-electron chi connectivity index (χ4n) is 4.11. The number of fused-ring (bicyclic) bond motifs is 1. The highest BCUT2D eigenvalue weighted by Gasteiger charge is 2.65. The second kappa shape index (κ2) is 11.1. The molecule has 1 aliphatic heterocycles. The van der Waals surface area contributed by atoms with Gasteiger partial charge in [0.25, 0.3) is 5.85 Å². The van der Waals surface area contributed by atoms with Gasteiger partial charge in [-0.15, -0.1) is 0 Å². The van der Waals surface area contributed by atoms with Crippen molar-refractivity contribution in [3.63, 3.8) is 0 Å². The summed E-state index contributed by atoms with van der Waals surface area (Å²) in [5.74, 6) is -3.30. The number of nitrogen functional groups attached to an aromatic ring is 1. The van der Waals surface area contributed by atoms with Gasteiger partial charge in [-0.2, -0.15) is 9.97 Å². The van der Waals surface area contributed by atoms with E-state index in [1.54, 1.807) is 49.3 Å². The van der Waals surface area contributed by atoms with E-state index in [1.807, 2.05) is 0 Å². The Morgan fingerprint density at radius 1 is 1.35 bits per heavy atom. The normalized spacial score (nSPS) is 26.8. The number of methoxy groups -OCH3 is 1. The van der Waals surface area contributed by atoms with Crippen LogP contribution in [0.25, 0.3) is 11.2 Å². The maximum atomic E-state index is 16.2. The summed E-state index contributed by atoms with van der Waals surface area (Å²) in [6.07, 6.45) is -2.88. The second-order valence-electron chi connectivity index (χ2n) is 9.48. The zero-order valence-electron chi connectivity index (χ0n) is 22.3. The summed E-state index contributed by atoms with van der Waals surface area (Å²) in [5.41, 5.74) is 3.46. The molecule has 0 spiro atoms. The van der Waals surface area contributed by atoms with E-state index in [-0.39, 0.29) is 22.9 Å². The Hall–Kier alpha value is -3.01. The highest BCUT2D eigenvalue weighted by molar-refractivity contribution is 8.09. The number of para-hydroxylation sites is 1. The Balaban J connectivity index is 1.64. The van der Waals surface area contributed by atoms with E-state index >= 15 is 8.78 Å². The average Bonchev–Trinajstić information content (AvgIpc) is 3.39. The molecule has 1 aromatic carbocycles. The van der Waals surface area contributed by atoms with Crippen molar-refractivity contribution < 1.29 is 37.2 Å². The van der Waals surface area contributed by atoms with Crippen LogP contribution in [0.1, 0.15) is 20.1 Å². The van der Waals surface area contributed by atoms with Gasteiger partial charge in [0.15, 0.2) is 35.0 Å². The number of carbonyl (C=O) groups is 1. The molecule has 4 N–H and O–H groups in total. The Morgan fingerprint density at radius 3 is 2.65 bits per heavy atom. The van der Waals surface area contributed by atoms with E-state index in [0.29, 0.717) is 5.82 Å². The van der Waals surface area contributed by atoms with Crippen molar-refractivity contribution >= 4 is 47.3 Å². The van der Waals surface area contributed by atoms with E-state index in [9.17, 15) is 9.90 Å². The number of ether oxygens (including phenoxy) is 2. The molecule has 13 nitrogen and oxygen atoms in total. The molecule has 0 bridgehead atoms. The van der Waals surface area contributed by atoms with Crippen LogP contribution in [0, 0.1) is 0 Å². The van der Waals surface area contributed by atoms with Gasteiger partial charge in [-0.3, -0.25) is 9.36 Å². The molecule has 40 heavy (non-hydrogen) atoms. The van der Waals surface area contributed by atoms with Gasteiger partial charge in [0.2, 0.25) is 5.95 Å². The zero-order valence-corrected chi connectivity index (χ0v) is 24.0. The van der Waals surface area contributed by atoms with Crippen molar-refractivity contribution in [2.75, 3.05) is 38.4 Å². The van der Waals surface area contributed by atoms with Crippen LogP contribution in [-0.2, 0) is 30.6 Å². The van der Waals surface area contributed by atoms with Gasteiger partial charge >= 0.3 is 12.6 Å². The minimum Gasteiger partial charge on any atom is -0.468 e. The first-order valence-electron chi connectivity index (χ1n) is 12.0. The largest absolute Gasteiger partial charge is 0.468 e. The number of anilines is 2. The number of imidazole rings is 1. The van der Waals surface area contributed by atoms with E-state index in [2.05, 4.69) is 20.0 Å². The number of aliphatic hydroxyl groups is 1. The topological polar surface area (TPSA) is 159 Å². The average molecular weight is 602 g/mol. The lowest BCUT2D eigenvalue weighted by Gasteiger charge is -2.30. The minimum atomic E-state index is -3.70. The number of alkyl halides is 2. The smallest absolute Gasteiger partial charge is 0.323 e. The van der Waals surface area contributed by atoms with Crippen LogP contribution in [0.4, 0.5) is 20.5 Å². The highest BCUT2D eigenvalue weighted by Crippen LogP contribution is 2.52. The molecular formula is C23H30F2N7O6PS. The van der Waals surface area contributed by atoms with Crippen molar-refractivity contribution in [2.45, 2.75) is 43.7 Å².